The Morgan fingerprint density at radius 1 is 1.25 bits per heavy atom. The first-order valence-electron chi connectivity index (χ1n) is 6.02. The molecule has 0 saturated carbocycles. The molecule has 0 aromatic heterocycles. The van der Waals surface area contributed by atoms with E-state index >= 15 is 0 Å². The van der Waals surface area contributed by atoms with Crippen LogP contribution >= 0.6 is 0 Å². The number of hydrogen-bond donors (Lipinski definition) is 1. The van der Waals surface area contributed by atoms with Crippen LogP contribution in [0.2, 0.25) is 0 Å². The predicted octanol–water partition coefficient (Wildman–Crippen LogP) is 3.20. The maximum Gasteiger partial charge on any atom is 0.0979 e. The third-order valence-electron chi connectivity index (χ3n) is 2.93. The summed E-state index contributed by atoms with van der Waals surface area (Å²) in [5.74, 6) is 0. The zero-order valence-corrected chi connectivity index (χ0v) is 10.7. The Hall–Kier alpha value is -0.860. The molecule has 1 aromatic rings. The van der Waals surface area contributed by atoms with E-state index in [1.165, 1.54) is 11.1 Å². The molecule has 3 unspecified atom stereocenters. The molecule has 0 spiro atoms. The molecule has 0 aliphatic rings. The van der Waals surface area contributed by atoms with Crippen molar-refractivity contribution in [3.63, 3.8) is 0 Å². The number of rotatable bonds is 5. The van der Waals surface area contributed by atoms with Crippen LogP contribution in [-0.2, 0) is 4.74 Å². The summed E-state index contributed by atoms with van der Waals surface area (Å²) >= 11 is 0. The zero-order chi connectivity index (χ0) is 12.1. The van der Waals surface area contributed by atoms with E-state index in [1.807, 2.05) is 19.1 Å². The molecule has 0 amide bonds. The van der Waals surface area contributed by atoms with Crippen LogP contribution in [0, 0.1) is 6.92 Å². The second-order valence-corrected chi connectivity index (χ2v) is 4.49. The molecule has 2 heteroatoms. The molecule has 2 nitrogen and oxygen atoms in total. The molecule has 1 rings (SSSR count). The standard InChI is InChI=1S/C14H23NO/c1-5-11(3)16-14(12(4)15)13-9-7-6-8-10(13)2/h6-9,11-12,14H,5,15H2,1-4H3. The van der Waals surface area contributed by atoms with Crippen molar-refractivity contribution in [1.29, 1.82) is 0 Å². The molecule has 90 valence electrons. The van der Waals surface area contributed by atoms with E-state index < -0.39 is 0 Å². The zero-order valence-electron chi connectivity index (χ0n) is 10.7. The van der Waals surface area contributed by atoms with Crippen molar-refractivity contribution in [2.24, 2.45) is 5.73 Å². The average molecular weight is 221 g/mol. The van der Waals surface area contributed by atoms with Crippen molar-refractivity contribution in [3.05, 3.63) is 35.4 Å². The van der Waals surface area contributed by atoms with Gasteiger partial charge in [0.15, 0.2) is 0 Å². The first-order chi connectivity index (χ1) is 7.56. The van der Waals surface area contributed by atoms with Crippen molar-refractivity contribution in [1.82, 2.24) is 0 Å². The summed E-state index contributed by atoms with van der Waals surface area (Å²) in [6, 6.07) is 8.30. The molecular formula is C14H23NO. The highest BCUT2D eigenvalue weighted by atomic mass is 16.5. The fourth-order valence-electron chi connectivity index (χ4n) is 1.73. The summed E-state index contributed by atoms with van der Waals surface area (Å²) in [6.07, 6.45) is 1.25. The van der Waals surface area contributed by atoms with Crippen LogP contribution in [0.1, 0.15) is 44.4 Å². The molecule has 0 saturated heterocycles. The molecule has 0 bridgehead atoms. The lowest BCUT2D eigenvalue weighted by Gasteiger charge is -2.26. The summed E-state index contributed by atoms with van der Waals surface area (Å²) in [7, 11) is 0. The maximum absolute atomic E-state index is 6.02. The minimum Gasteiger partial charge on any atom is -0.369 e. The fourth-order valence-corrected chi connectivity index (χ4v) is 1.73. The number of hydrogen-bond acceptors (Lipinski definition) is 2. The van der Waals surface area contributed by atoms with Gasteiger partial charge in [-0.05, 0) is 38.3 Å². The van der Waals surface area contributed by atoms with Gasteiger partial charge in [-0.1, -0.05) is 31.2 Å². The third kappa shape index (κ3) is 3.32. The van der Waals surface area contributed by atoms with Gasteiger partial charge in [-0.3, -0.25) is 0 Å². The normalized spacial score (nSPS) is 16.8. The van der Waals surface area contributed by atoms with Gasteiger partial charge in [-0.2, -0.15) is 0 Å². The van der Waals surface area contributed by atoms with Crippen LogP contribution in [0.3, 0.4) is 0 Å². The van der Waals surface area contributed by atoms with Crippen LogP contribution in [0.4, 0.5) is 0 Å². The molecule has 0 heterocycles. The van der Waals surface area contributed by atoms with Crippen molar-refractivity contribution < 1.29 is 4.74 Å². The summed E-state index contributed by atoms with van der Waals surface area (Å²) < 4.78 is 6.00. The maximum atomic E-state index is 6.02. The lowest BCUT2D eigenvalue weighted by molar-refractivity contribution is -0.0164. The van der Waals surface area contributed by atoms with Gasteiger partial charge in [-0.15, -0.1) is 0 Å². The summed E-state index contributed by atoms with van der Waals surface area (Å²) in [5, 5.41) is 0. The Morgan fingerprint density at radius 2 is 1.88 bits per heavy atom. The molecule has 2 N–H and O–H groups in total. The first-order valence-corrected chi connectivity index (χ1v) is 6.02. The van der Waals surface area contributed by atoms with Gasteiger partial charge in [0.2, 0.25) is 0 Å². The van der Waals surface area contributed by atoms with Crippen LogP contribution in [0.25, 0.3) is 0 Å². The van der Waals surface area contributed by atoms with Gasteiger partial charge in [0.25, 0.3) is 0 Å². The van der Waals surface area contributed by atoms with Crippen LogP contribution in [-0.4, -0.2) is 12.1 Å². The van der Waals surface area contributed by atoms with Crippen molar-refractivity contribution in [2.75, 3.05) is 0 Å². The van der Waals surface area contributed by atoms with Gasteiger partial charge in [-0.25, -0.2) is 0 Å². The fraction of sp³-hybridized carbons (Fsp3) is 0.571. The van der Waals surface area contributed by atoms with E-state index in [1.54, 1.807) is 0 Å². The number of ether oxygens (including phenoxy) is 1. The molecular weight excluding hydrogens is 198 g/mol. The van der Waals surface area contributed by atoms with Crippen molar-refractivity contribution >= 4 is 0 Å². The summed E-state index contributed by atoms with van der Waals surface area (Å²) in [5.41, 5.74) is 8.47. The Labute approximate surface area is 98.8 Å². The van der Waals surface area contributed by atoms with E-state index in [-0.39, 0.29) is 18.2 Å². The van der Waals surface area contributed by atoms with Gasteiger partial charge in [0.05, 0.1) is 12.2 Å². The number of nitrogens with two attached hydrogens (primary N) is 1. The van der Waals surface area contributed by atoms with Crippen LogP contribution in [0.15, 0.2) is 24.3 Å². The predicted molar refractivity (Wildman–Crippen MR) is 68.4 cm³/mol. The van der Waals surface area contributed by atoms with E-state index in [4.69, 9.17) is 10.5 Å². The van der Waals surface area contributed by atoms with Crippen molar-refractivity contribution in [2.45, 2.75) is 52.4 Å². The second-order valence-electron chi connectivity index (χ2n) is 4.49. The van der Waals surface area contributed by atoms with Gasteiger partial charge in [0.1, 0.15) is 0 Å². The summed E-state index contributed by atoms with van der Waals surface area (Å²) in [6.45, 7) is 8.32. The highest BCUT2D eigenvalue weighted by molar-refractivity contribution is 5.28. The molecule has 16 heavy (non-hydrogen) atoms. The number of aryl methyl sites for hydroxylation is 1. The van der Waals surface area contributed by atoms with Crippen LogP contribution in [0.5, 0.6) is 0 Å². The highest BCUT2D eigenvalue weighted by Gasteiger charge is 2.20. The second kappa shape index (κ2) is 6.02. The Balaban J connectivity index is 2.90. The topological polar surface area (TPSA) is 35.2 Å². The Bertz CT molecular complexity index is 322. The van der Waals surface area contributed by atoms with E-state index in [0.29, 0.717) is 0 Å². The first kappa shape index (κ1) is 13.2. The molecule has 0 aliphatic heterocycles. The average Bonchev–Trinajstić information content (AvgIpc) is 2.26. The van der Waals surface area contributed by atoms with E-state index in [0.717, 1.165) is 6.42 Å². The molecule has 0 fully saturated rings. The van der Waals surface area contributed by atoms with Crippen LogP contribution < -0.4 is 5.73 Å². The largest absolute Gasteiger partial charge is 0.369 e. The monoisotopic (exact) mass is 221 g/mol. The summed E-state index contributed by atoms with van der Waals surface area (Å²) in [4.78, 5) is 0. The highest BCUT2D eigenvalue weighted by Crippen LogP contribution is 2.25. The van der Waals surface area contributed by atoms with E-state index in [9.17, 15) is 0 Å². The molecule has 0 aliphatic carbocycles. The lowest BCUT2D eigenvalue weighted by Crippen LogP contribution is -2.30. The quantitative estimate of drug-likeness (QED) is 0.828. The Morgan fingerprint density at radius 3 is 2.38 bits per heavy atom. The van der Waals surface area contributed by atoms with E-state index in [2.05, 4.69) is 32.9 Å². The lowest BCUT2D eigenvalue weighted by atomic mass is 9.99. The smallest absolute Gasteiger partial charge is 0.0979 e. The van der Waals surface area contributed by atoms with Gasteiger partial charge >= 0.3 is 0 Å². The molecule has 3 atom stereocenters. The minimum absolute atomic E-state index is 0.00356. The van der Waals surface area contributed by atoms with Gasteiger partial charge in [0, 0.05) is 6.04 Å². The molecule has 1 aromatic carbocycles. The Kier molecular flexibility index (Phi) is 4.97. The SMILES string of the molecule is CCC(C)OC(c1ccccc1C)C(C)N. The third-order valence-corrected chi connectivity index (χ3v) is 2.93. The van der Waals surface area contributed by atoms with Crippen molar-refractivity contribution in [3.8, 4) is 0 Å². The van der Waals surface area contributed by atoms with Gasteiger partial charge < -0.3 is 10.5 Å². The molecule has 0 radical (unpaired) electrons. The minimum atomic E-state index is -0.00356. The number of benzene rings is 1.